The Labute approximate surface area is 108 Å². The van der Waals surface area contributed by atoms with Gasteiger partial charge in [0.05, 0.1) is 6.61 Å². The molecule has 1 N–H and O–H groups in total. The van der Waals surface area contributed by atoms with Gasteiger partial charge in [-0.05, 0) is 40.1 Å². The maximum absolute atomic E-state index is 10.3. The molecule has 1 aliphatic heterocycles. The summed E-state index contributed by atoms with van der Waals surface area (Å²) in [5, 5.41) is 14.9. The molecule has 0 bridgehead atoms. The van der Waals surface area contributed by atoms with Crippen LogP contribution in [-0.2, 0) is 6.42 Å². The quantitative estimate of drug-likeness (QED) is 0.903. The molecule has 0 fully saturated rings. The average molecular weight is 267 g/mol. The van der Waals surface area contributed by atoms with Crippen molar-refractivity contribution < 1.29 is 9.84 Å². The van der Waals surface area contributed by atoms with Crippen LogP contribution in [0.4, 0.5) is 0 Å². The van der Waals surface area contributed by atoms with E-state index in [4.69, 9.17) is 16.3 Å². The molecular formula is C13H11ClO2S. The highest BCUT2D eigenvalue weighted by molar-refractivity contribution is 7.07. The number of halogens is 1. The lowest BCUT2D eigenvalue weighted by atomic mass is 10.0. The zero-order valence-electron chi connectivity index (χ0n) is 9.02. The molecule has 1 unspecified atom stereocenters. The first-order valence-electron chi connectivity index (χ1n) is 5.41. The minimum atomic E-state index is -0.660. The van der Waals surface area contributed by atoms with E-state index in [1.54, 1.807) is 17.4 Å². The van der Waals surface area contributed by atoms with E-state index >= 15 is 0 Å². The summed E-state index contributed by atoms with van der Waals surface area (Å²) in [5.41, 5.74) is 2.74. The van der Waals surface area contributed by atoms with E-state index in [1.165, 1.54) is 0 Å². The van der Waals surface area contributed by atoms with E-state index in [0.29, 0.717) is 11.6 Å². The molecule has 2 heterocycles. The largest absolute Gasteiger partial charge is 0.493 e. The molecule has 1 aliphatic rings. The van der Waals surface area contributed by atoms with E-state index in [-0.39, 0.29) is 0 Å². The molecule has 4 heteroatoms. The van der Waals surface area contributed by atoms with Crippen LogP contribution in [0.2, 0.25) is 5.02 Å². The second kappa shape index (κ2) is 4.33. The first kappa shape index (κ1) is 11.1. The van der Waals surface area contributed by atoms with Crippen LogP contribution in [0.3, 0.4) is 0 Å². The SMILES string of the molecule is OC(c1ccsc1)c1cc(Cl)cc2c1OCC2. The highest BCUT2D eigenvalue weighted by atomic mass is 35.5. The number of fused-ring (bicyclic) bond motifs is 1. The maximum atomic E-state index is 10.3. The molecule has 0 amide bonds. The zero-order chi connectivity index (χ0) is 11.8. The van der Waals surface area contributed by atoms with Crippen LogP contribution in [-0.4, -0.2) is 11.7 Å². The Bertz CT molecular complexity index is 537. The summed E-state index contributed by atoms with van der Waals surface area (Å²) in [6, 6.07) is 5.61. The number of benzene rings is 1. The first-order chi connectivity index (χ1) is 8.25. The lowest BCUT2D eigenvalue weighted by Crippen LogP contribution is -2.01. The Morgan fingerprint density at radius 3 is 3.06 bits per heavy atom. The molecule has 17 heavy (non-hydrogen) atoms. The monoisotopic (exact) mass is 266 g/mol. The average Bonchev–Trinajstić information content (AvgIpc) is 2.97. The highest BCUT2D eigenvalue weighted by Gasteiger charge is 2.23. The van der Waals surface area contributed by atoms with Crippen LogP contribution in [0, 0.1) is 0 Å². The van der Waals surface area contributed by atoms with Crippen LogP contribution in [0.1, 0.15) is 22.8 Å². The van der Waals surface area contributed by atoms with Gasteiger partial charge in [-0.1, -0.05) is 11.6 Å². The summed E-state index contributed by atoms with van der Waals surface area (Å²) in [4.78, 5) is 0. The van der Waals surface area contributed by atoms with Crippen LogP contribution in [0.15, 0.2) is 29.0 Å². The summed E-state index contributed by atoms with van der Waals surface area (Å²) in [6.07, 6.45) is 0.200. The van der Waals surface area contributed by atoms with Gasteiger partial charge in [0.25, 0.3) is 0 Å². The molecule has 3 rings (SSSR count). The van der Waals surface area contributed by atoms with Crippen molar-refractivity contribution in [3.05, 3.63) is 50.7 Å². The first-order valence-corrected chi connectivity index (χ1v) is 6.73. The number of ether oxygens (including phenoxy) is 1. The van der Waals surface area contributed by atoms with Crippen molar-refractivity contribution in [3.63, 3.8) is 0 Å². The lowest BCUT2D eigenvalue weighted by molar-refractivity contribution is 0.214. The molecule has 0 saturated carbocycles. The van der Waals surface area contributed by atoms with Gasteiger partial charge in [0.2, 0.25) is 0 Å². The summed E-state index contributed by atoms with van der Waals surface area (Å²) in [6.45, 7) is 0.666. The molecule has 0 spiro atoms. The van der Waals surface area contributed by atoms with Crippen molar-refractivity contribution in [3.8, 4) is 5.75 Å². The predicted octanol–water partition coefficient (Wildman–Crippen LogP) is 3.42. The molecule has 0 aliphatic carbocycles. The van der Waals surface area contributed by atoms with Gasteiger partial charge >= 0.3 is 0 Å². The Morgan fingerprint density at radius 1 is 1.41 bits per heavy atom. The fraction of sp³-hybridized carbons (Fsp3) is 0.231. The van der Waals surface area contributed by atoms with Crippen molar-refractivity contribution in [1.29, 1.82) is 0 Å². The Balaban J connectivity index is 2.09. The third-order valence-corrected chi connectivity index (χ3v) is 3.85. The molecule has 0 saturated heterocycles. The van der Waals surface area contributed by atoms with Crippen LogP contribution in [0.5, 0.6) is 5.75 Å². The van der Waals surface area contributed by atoms with Gasteiger partial charge in [-0.3, -0.25) is 0 Å². The third kappa shape index (κ3) is 1.95. The zero-order valence-corrected chi connectivity index (χ0v) is 10.6. The molecule has 1 aromatic heterocycles. The van der Waals surface area contributed by atoms with Crippen molar-refractivity contribution in [2.45, 2.75) is 12.5 Å². The number of rotatable bonds is 2. The standard InChI is InChI=1S/C13H11ClO2S/c14-10-5-8-1-3-16-13(8)11(6-10)12(15)9-2-4-17-7-9/h2,4-7,12,15H,1,3H2. The van der Waals surface area contributed by atoms with E-state index in [2.05, 4.69) is 0 Å². The van der Waals surface area contributed by atoms with E-state index in [1.807, 2.05) is 22.9 Å². The number of thiophene rings is 1. The maximum Gasteiger partial charge on any atom is 0.128 e. The molecular weight excluding hydrogens is 256 g/mol. The molecule has 2 nitrogen and oxygen atoms in total. The van der Waals surface area contributed by atoms with Gasteiger partial charge < -0.3 is 9.84 Å². The Morgan fingerprint density at radius 2 is 2.29 bits per heavy atom. The summed E-state index contributed by atoms with van der Waals surface area (Å²) >= 11 is 7.64. The minimum absolute atomic E-state index is 0.651. The fourth-order valence-electron chi connectivity index (χ4n) is 2.11. The minimum Gasteiger partial charge on any atom is -0.493 e. The second-order valence-corrected chi connectivity index (χ2v) is 5.26. The number of aliphatic hydroxyl groups is 1. The topological polar surface area (TPSA) is 29.5 Å². The number of aliphatic hydroxyl groups excluding tert-OH is 1. The molecule has 88 valence electrons. The van der Waals surface area contributed by atoms with Gasteiger partial charge in [0, 0.05) is 17.0 Å². The van der Waals surface area contributed by atoms with Crippen molar-refractivity contribution in [2.24, 2.45) is 0 Å². The van der Waals surface area contributed by atoms with Crippen molar-refractivity contribution in [2.75, 3.05) is 6.61 Å². The number of hydrogen-bond donors (Lipinski definition) is 1. The second-order valence-electron chi connectivity index (χ2n) is 4.04. The van der Waals surface area contributed by atoms with Crippen LogP contribution in [0.25, 0.3) is 0 Å². The third-order valence-electron chi connectivity index (χ3n) is 2.93. The van der Waals surface area contributed by atoms with E-state index in [9.17, 15) is 5.11 Å². The van der Waals surface area contributed by atoms with Gasteiger partial charge in [-0.25, -0.2) is 0 Å². The van der Waals surface area contributed by atoms with Gasteiger partial charge in [-0.15, -0.1) is 0 Å². The smallest absolute Gasteiger partial charge is 0.128 e. The molecule has 1 aromatic carbocycles. The van der Waals surface area contributed by atoms with Crippen molar-refractivity contribution >= 4 is 22.9 Å². The normalized spacial score (nSPS) is 15.4. The van der Waals surface area contributed by atoms with Crippen molar-refractivity contribution in [1.82, 2.24) is 0 Å². The van der Waals surface area contributed by atoms with E-state index < -0.39 is 6.10 Å². The lowest BCUT2D eigenvalue weighted by Gasteiger charge is -2.14. The Kier molecular flexibility index (Phi) is 2.82. The van der Waals surface area contributed by atoms with Crippen LogP contribution < -0.4 is 4.74 Å². The summed E-state index contributed by atoms with van der Waals surface area (Å²) < 4.78 is 5.59. The fourth-order valence-corrected chi connectivity index (χ4v) is 3.04. The molecule has 0 radical (unpaired) electrons. The number of hydrogen-bond acceptors (Lipinski definition) is 3. The van der Waals surface area contributed by atoms with E-state index in [0.717, 1.165) is 28.9 Å². The molecule has 1 atom stereocenters. The van der Waals surface area contributed by atoms with Gasteiger partial charge in [-0.2, -0.15) is 11.3 Å². The summed E-state index contributed by atoms with van der Waals surface area (Å²) in [7, 11) is 0. The highest BCUT2D eigenvalue weighted by Crippen LogP contribution is 2.38. The van der Waals surface area contributed by atoms with Crippen LogP contribution >= 0.6 is 22.9 Å². The van der Waals surface area contributed by atoms with Gasteiger partial charge in [0.15, 0.2) is 0 Å². The molecule has 2 aromatic rings. The van der Waals surface area contributed by atoms with Gasteiger partial charge in [0.1, 0.15) is 11.9 Å². The summed E-state index contributed by atoms with van der Waals surface area (Å²) in [5.74, 6) is 0.799. The predicted molar refractivity (Wildman–Crippen MR) is 69.0 cm³/mol. The Hall–Kier alpha value is -1.03.